The van der Waals surface area contributed by atoms with Crippen molar-refractivity contribution >= 4 is 30.0 Å². The first-order valence-electron chi connectivity index (χ1n) is 7.13. The number of rotatable bonds is 8. The summed E-state index contributed by atoms with van der Waals surface area (Å²) in [5, 5.41) is 9.48. The summed E-state index contributed by atoms with van der Waals surface area (Å²) in [5.41, 5.74) is 0. The molecule has 0 aliphatic carbocycles. The molecule has 1 aliphatic heterocycles. The zero-order valence-corrected chi connectivity index (χ0v) is 13.0. The minimum atomic E-state index is -0.724. The Labute approximate surface area is 133 Å². The smallest absolute Gasteiger partial charge is 0.245 e. The van der Waals surface area contributed by atoms with Gasteiger partial charge in [-0.3, -0.25) is 24.0 Å². The number of hydrogen-bond acceptors (Lipinski definition) is 5. The molecule has 128 valence electrons. The van der Waals surface area contributed by atoms with Crippen LogP contribution in [0.3, 0.4) is 0 Å². The second-order valence-electron chi connectivity index (χ2n) is 5.12. The Kier molecular flexibility index (Phi) is 6.97. The molecule has 1 saturated heterocycles. The number of nitrogens with one attached hydrogen (secondary N) is 4. The van der Waals surface area contributed by atoms with Crippen LogP contribution < -0.4 is 21.3 Å². The SMILES string of the molecule is CNC(=O)CNC(=O)CN1C(=O)[C@@H](NC(=O)CNC=O)CC1C. The lowest BCUT2D eigenvalue weighted by Gasteiger charge is -2.20. The Morgan fingerprint density at radius 2 is 1.91 bits per heavy atom. The van der Waals surface area contributed by atoms with E-state index in [1.54, 1.807) is 6.92 Å². The standard InChI is InChI=1S/C13H21N5O5/c1-8-3-9(17-11(21)4-15-7-19)13(23)18(8)6-12(22)16-5-10(20)14-2/h7-9H,3-6H2,1-2H3,(H,14,20)(H,15,19)(H,16,22)(H,17,21)/t8?,9-/m0/s1. The highest BCUT2D eigenvalue weighted by Gasteiger charge is 2.38. The van der Waals surface area contributed by atoms with Gasteiger partial charge in [-0.25, -0.2) is 0 Å². The van der Waals surface area contributed by atoms with E-state index in [2.05, 4.69) is 21.3 Å². The number of hydrogen-bond donors (Lipinski definition) is 4. The highest BCUT2D eigenvalue weighted by Crippen LogP contribution is 2.18. The summed E-state index contributed by atoms with van der Waals surface area (Å²) < 4.78 is 0. The van der Waals surface area contributed by atoms with Gasteiger partial charge in [0, 0.05) is 13.1 Å². The summed E-state index contributed by atoms with van der Waals surface area (Å²) in [6, 6.07) is -0.949. The summed E-state index contributed by atoms with van der Waals surface area (Å²) in [6.07, 6.45) is 0.760. The Morgan fingerprint density at radius 3 is 2.52 bits per heavy atom. The fourth-order valence-electron chi connectivity index (χ4n) is 2.20. The van der Waals surface area contributed by atoms with Gasteiger partial charge < -0.3 is 26.2 Å². The average molecular weight is 327 g/mol. The fourth-order valence-corrected chi connectivity index (χ4v) is 2.20. The predicted molar refractivity (Wildman–Crippen MR) is 78.9 cm³/mol. The van der Waals surface area contributed by atoms with Gasteiger partial charge in [-0.15, -0.1) is 0 Å². The minimum absolute atomic E-state index is 0.163. The minimum Gasteiger partial charge on any atom is -0.358 e. The molecule has 0 saturated carbocycles. The maximum atomic E-state index is 12.2. The maximum Gasteiger partial charge on any atom is 0.245 e. The summed E-state index contributed by atoms with van der Waals surface area (Å²) in [6.45, 7) is 1.20. The van der Waals surface area contributed by atoms with Crippen LogP contribution in [0.5, 0.6) is 0 Å². The van der Waals surface area contributed by atoms with Gasteiger partial charge in [0.15, 0.2) is 0 Å². The molecule has 0 bridgehead atoms. The van der Waals surface area contributed by atoms with Crippen LogP contribution in [0.4, 0.5) is 0 Å². The first-order valence-corrected chi connectivity index (χ1v) is 7.13. The summed E-state index contributed by atoms with van der Waals surface area (Å²) >= 11 is 0. The number of carbonyl (C=O) groups excluding carboxylic acids is 5. The summed E-state index contributed by atoms with van der Waals surface area (Å²) in [5.74, 6) is -1.64. The van der Waals surface area contributed by atoms with Crippen LogP contribution in [0.25, 0.3) is 0 Å². The number of likely N-dealkylation sites (tertiary alicyclic amines) is 1. The molecule has 0 aromatic heterocycles. The highest BCUT2D eigenvalue weighted by atomic mass is 16.2. The number of carbonyl (C=O) groups is 5. The van der Waals surface area contributed by atoms with Crippen molar-refractivity contribution in [2.75, 3.05) is 26.7 Å². The molecule has 0 radical (unpaired) electrons. The van der Waals surface area contributed by atoms with Crippen LogP contribution in [0, 0.1) is 0 Å². The van der Waals surface area contributed by atoms with E-state index in [0.717, 1.165) is 0 Å². The van der Waals surface area contributed by atoms with E-state index < -0.39 is 17.9 Å². The van der Waals surface area contributed by atoms with Crippen LogP contribution in [0.1, 0.15) is 13.3 Å². The third kappa shape index (κ3) is 5.57. The van der Waals surface area contributed by atoms with Crippen molar-refractivity contribution in [3.63, 3.8) is 0 Å². The molecule has 0 aromatic rings. The van der Waals surface area contributed by atoms with Gasteiger partial charge in [-0.1, -0.05) is 0 Å². The normalized spacial score (nSPS) is 19.9. The van der Waals surface area contributed by atoms with Crippen molar-refractivity contribution in [2.24, 2.45) is 0 Å². The molecule has 1 rings (SSSR count). The average Bonchev–Trinajstić information content (AvgIpc) is 2.78. The molecule has 1 heterocycles. The van der Waals surface area contributed by atoms with Crippen molar-refractivity contribution in [3.05, 3.63) is 0 Å². The summed E-state index contributed by atoms with van der Waals surface area (Å²) in [7, 11) is 1.45. The zero-order chi connectivity index (χ0) is 17.4. The quantitative estimate of drug-likeness (QED) is 0.346. The number of likely N-dealkylation sites (N-methyl/N-ethyl adjacent to an activating group) is 1. The van der Waals surface area contributed by atoms with Gasteiger partial charge in [0.25, 0.3) is 0 Å². The van der Waals surface area contributed by atoms with Crippen LogP contribution in [0.2, 0.25) is 0 Å². The predicted octanol–water partition coefficient (Wildman–Crippen LogP) is -3.30. The van der Waals surface area contributed by atoms with Crippen LogP contribution in [-0.4, -0.2) is 73.7 Å². The molecule has 5 amide bonds. The zero-order valence-electron chi connectivity index (χ0n) is 13.0. The molecular formula is C13H21N5O5. The second-order valence-corrected chi connectivity index (χ2v) is 5.12. The van der Waals surface area contributed by atoms with E-state index in [4.69, 9.17) is 0 Å². The van der Waals surface area contributed by atoms with Gasteiger partial charge >= 0.3 is 0 Å². The van der Waals surface area contributed by atoms with E-state index in [-0.39, 0.29) is 37.5 Å². The Balaban J connectivity index is 2.49. The van der Waals surface area contributed by atoms with Crippen molar-refractivity contribution in [1.82, 2.24) is 26.2 Å². The lowest BCUT2D eigenvalue weighted by molar-refractivity contribution is -0.136. The molecule has 4 N–H and O–H groups in total. The van der Waals surface area contributed by atoms with E-state index in [0.29, 0.717) is 12.8 Å². The molecule has 0 spiro atoms. The molecule has 10 heteroatoms. The molecular weight excluding hydrogens is 306 g/mol. The van der Waals surface area contributed by atoms with E-state index >= 15 is 0 Å². The monoisotopic (exact) mass is 327 g/mol. The molecule has 1 unspecified atom stereocenters. The fraction of sp³-hybridized carbons (Fsp3) is 0.615. The van der Waals surface area contributed by atoms with Crippen LogP contribution in [-0.2, 0) is 24.0 Å². The first kappa shape index (κ1) is 18.4. The Hall–Kier alpha value is -2.65. The van der Waals surface area contributed by atoms with E-state index in [9.17, 15) is 24.0 Å². The number of nitrogens with zero attached hydrogens (tertiary/aromatic N) is 1. The molecule has 0 aromatic carbocycles. The molecule has 23 heavy (non-hydrogen) atoms. The van der Waals surface area contributed by atoms with E-state index in [1.807, 2.05) is 0 Å². The number of amides is 5. The first-order chi connectivity index (χ1) is 10.9. The lowest BCUT2D eigenvalue weighted by atomic mass is 10.2. The van der Waals surface area contributed by atoms with Crippen LogP contribution >= 0.6 is 0 Å². The van der Waals surface area contributed by atoms with Crippen molar-refractivity contribution in [3.8, 4) is 0 Å². The van der Waals surface area contributed by atoms with Gasteiger partial charge in [0.1, 0.15) is 6.04 Å². The third-order valence-electron chi connectivity index (χ3n) is 3.41. The largest absolute Gasteiger partial charge is 0.358 e. The van der Waals surface area contributed by atoms with Crippen LogP contribution in [0.15, 0.2) is 0 Å². The molecule has 10 nitrogen and oxygen atoms in total. The highest BCUT2D eigenvalue weighted by molar-refractivity contribution is 5.93. The molecule has 1 fully saturated rings. The Morgan fingerprint density at radius 1 is 1.22 bits per heavy atom. The maximum absolute atomic E-state index is 12.2. The van der Waals surface area contributed by atoms with Crippen molar-refractivity contribution in [2.45, 2.75) is 25.4 Å². The summed E-state index contributed by atoms with van der Waals surface area (Å²) in [4.78, 5) is 58.0. The van der Waals surface area contributed by atoms with Gasteiger partial charge in [0.05, 0.1) is 19.6 Å². The van der Waals surface area contributed by atoms with Gasteiger partial charge in [-0.05, 0) is 13.3 Å². The molecule has 2 atom stereocenters. The van der Waals surface area contributed by atoms with Crippen molar-refractivity contribution < 1.29 is 24.0 Å². The third-order valence-corrected chi connectivity index (χ3v) is 3.41. The lowest BCUT2D eigenvalue weighted by Crippen LogP contribution is -2.47. The van der Waals surface area contributed by atoms with E-state index in [1.165, 1.54) is 11.9 Å². The van der Waals surface area contributed by atoms with Gasteiger partial charge in [-0.2, -0.15) is 0 Å². The van der Waals surface area contributed by atoms with Gasteiger partial charge in [0.2, 0.25) is 30.0 Å². The topological polar surface area (TPSA) is 137 Å². The molecule has 1 aliphatic rings. The Bertz CT molecular complexity index is 495. The second kappa shape index (κ2) is 8.71. The van der Waals surface area contributed by atoms with Crippen molar-refractivity contribution in [1.29, 1.82) is 0 Å².